The Hall–Kier alpha value is -1.55. The molecule has 1 aromatic carbocycles. The third kappa shape index (κ3) is 5.76. The first-order valence-electron chi connectivity index (χ1n) is 7.91. The summed E-state index contributed by atoms with van der Waals surface area (Å²) in [5.74, 6) is 1.10. The van der Waals surface area contributed by atoms with Crippen LogP contribution in [0.1, 0.15) is 37.7 Å². The van der Waals surface area contributed by atoms with E-state index in [0.29, 0.717) is 12.5 Å². The maximum Gasteiger partial charge on any atom is 0.220 e. The Morgan fingerprint density at radius 2 is 2.10 bits per heavy atom. The highest BCUT2D eigenvalue weighted by Gasteiger charge is 2.15. The molecule has 1 aromatic rings. The molecule has 4 nitrogen and oxygen atoms in total. The van der Waals surface area contributed by atoms with Crippen molar-refractivity contribution >= 4 is 5.91 Å². The van der Waals surface area contributed by atoms with Crippen LogP contribution < -0.4 is 15.4 Å². The molecule has 1 unspecified atom stereocenters. The van der Waals surface area contributed by atoms with Gasteiger partial charge in [-0.15, -0.1) is 0 Å². The Balaban J connectivity index is 1.53. The lowest BCUT2D eigenvalue weighted by atomic mass is 10.1. The number of rotatable bonds is 8. The van der Waals surface area contributed by atoms with E-state index in [1.165, 1.54) is 5.56 Å². The Kier molecular flexibility index (Phi) is 6.54. The number of carbonyl (C=O) groups excluding carboxylic acids is 1. The van der Waals surface area contributed by atoms with E-state index in [4.69, 9.17) is 4.74 Å². The third-order valence-corrected chi connectivity index (χ3v) is 3.95. The number of aryl methyl sites for hydroxylation is 1. The summed E-state index contributed by atoms with van der Waals surface area (Å²) < 4.78 is 5.14. The number of nitrogens with one attached hydrogen (secondary N) is 2. The number of methoxy groups -OCH3 is 1. The molecule has 116 valence electrons. The van der Waals surface area contributed by atoms with Crippen molar-refractivity contribution in [2.24, 2.45) is 0 Å². The van der Waals surface area contributed by atoms with Crippen LogP contribution in [0, 0.1) is 0 Å². The molecule has 1 atom stereocenters. The molecule has 0 bridgehead atoms. The van der Waals surface area contributed by atoms with Gasteiger partial charge in [-0.25, -0.2) is 0 Å². The van der Waals surface area contributed by atoms with Gasteiger partial charge in [0.05, 0.1) is 7.11 Å². The summed E-state index contributed by atoms with van der Waals surface area (Å²) in [6, 6.07) is 8.56. The Labute approximate surface area is 127 Å². The monoisotopic (exact) mass is 290 g/mol. The molecular weight excluding hydrogens is 264 g/mol. The van der Waals surface area contributed by atoms with Gasteiger partial charge in [-0.1, -0.05) is 18.6 Å². The van der Waals surface area contributed by atoms with Crippen LogP contribution in [0.15, 0.2) is 24.3 Å². The van der Waals surface area contributed by atoms with Gasteiger partial charge in [0.25, 0.3) is 0 Å². The van der Waals surface area contributed by atoms with Crippen molar-refractivity contribution in [3.05, 3.63) is 29.8 Å². The highest BCUT2D eigenvalue weighted by atomic mass is 16.5. The number of ether oxygens (including phenoxy) is 1. The number of benzene rings is 1. The lowest BCUT2D eigenvalue weighted by Gasteiger charge is -2.11. The maximum atomic E-state index is 11.7. The standard InChI is InChI=1S/C17H26N2O2/c1-21-16-9-7-14(8-10-16)5-3-2-4-6-17(20)19-15-11-12-18-13-15/h7-10,15,18H,2-6,11-13H2,1H3,(H,19,20). The van der Waals surface area contributed by atoms with Gasteiger partial charge in [0, 0.05) is 19.0 Å². The molecule has 1 aliphatic heterocycles. The van der Waals surface area contributed by atoms with Crippen LogP contribution in [0.5, 0.6) is 5.75 Å². The van der Waals surface area contributed by atoms with Gasteiger partial charge in [0.15, 0.2) is 0 Å². The molecule has 2 rings (SSSR count). The van der Waals surface area contributed by atoms with E-state index in [1.54, 1.807) is 7.11 Å². The molecule has 21 heavy (non-hydrogen) atoms. The predicted molar refractivity (Wildman–Crippen MR) is 84.6 cm³/mol. The molecule has 0 aliphatic carbocycles. The second kappa shape index (κ2) is 8.67. The summed E-state index contributed by atoms with van der Waals surface area (Å²) >= 11 is 0. The number of hydrogen-bond acceptors (Lipinski definition) is 3. The Morgan fingerprint density at radius 3 is 2.76 bits per heavy atom. The second-order valence-electron chi connectivity index (χ2n) is 5.67. The van der Waals surface area contributed by atoms with Crippen LogP contribution in [-0.4, -0.2) is 32.1 Å². The SMILES string of the molecule is COc1ccc(CCCCCC(=O)NC2CCNC2)cc1. The average molecular weight is 290 g/mol. The number of amides is 1. The fourth-order valence-electron chi connectivity index (χ4n) is 2.66. The summed E-state index contributed by atoms with van der Waals surface area (Å²) in [7, 11) is 1.68. The fraction of sp³-hybridized carbons (Fsp3) is 0.588. The van der Waals surface area contributed by atoms with Gasteiger partial charge >= 0.3 is 0 Å². The van der Waals surface area contributed by atoms with Gasteiger partial charge in [0.1, 0.15) is 5.75 Å². The molecule has 0 radical (unpaired) electrons. The Morgan fingerprint density at radius 1 is 1.29 bits per heavy atom. The first-order chi connectivity index (χ1) is 10.3. The number of unbranched alkanes of at least 4 members (excludes halogenated alkanes) is 2. The van der Waals surface area contributed by atoms with E-state index in [-0.39, 0.29) is 5.91 Å². The van der Waals surface area contributed by atoms with E-state index in [9.17, 15) is 4.79 Å². The smallest absolute Gasteiger partial charge is 0.220 e. The van der Waals surface area contributed by atoms with Crippen molar-refractivity contribution < 1.29 is 9.53 Å². The molecule has 1 saturated heterocycles. The molecular formula is C17H26N2O2. The Bertz CT molecular complexity index is 425. The van der Waals surface area contributed by atoms with Crippen molar-refractivity contribution in [3.8, 4) is 5.75 Å². The number of hydrogen-bond donors (Lipinski definition) is 2. The zero-order valence-corrected chi connectivity index (χ0v) is 12.9. The van der Waals surface area contributed by atoms with Gasteiger partial charge in [-0.2, -0.15) is 0 Å². The van der Waals surface area contributed by atoms with E-state index in [1.807, 2.05) is 12.1 Å². The molecule has 4 heteroatoms. The number of carbonyl (C=O) groups is 1. The summed E-state index contributed by atoms with van der Waals surface area (Å²) in [4.78, 5) is 11.7. The molecule has 0 saturated carbocycles. The largest absolute Gasteiger partial charge is 0.497 e. The summed E-state index contributed by atoms with van der Waals surface area (Å²) in [5.41, 5.74) is 1.33. The molecule has 2 N–H and O–H groups in total. The highest BCUT2D eigenvalue weighted by Crippen LogP contribution is 2.14. The average Bonchev–Trinajstić information content (AvgIpc) is 3.00. The molecule has 1 heterocycles. The summed E-state index contributed by atoms with van der Waals surface area (Å²) in [6.45, 7) is 1.94. The van der Waals surface area contributed by atoms with Crippen molar-refractivity contribution in [2.75, 3.05) is 20.2 Å². The predicted octanol–water partition coefficient (Wildman–Crippen LogP) is 2.28. The van der Waals surface area contributed by atoms with Gasteiger partial charge in [-0.3, -0.25) is 4.79 Å². The van der Waals surface area contributed by atoms with Crippen molar-refractivity contribution in [3.63, 3.8) is 0 Å². The zero-order valence-electron chi connectivity index (χ0n) is 12.9. The third-order valence-electron chi connectivity index (χ3n) is 3.95. The van der Waals surface area contributed by atoms with Crippen LogP contribution in [-0.2, 0) is 11.2 Å². The second-order valence-corrected chi connectivity index (χ2v) is 5.67. The topological polar surface area (TPSA) is 50.4 Å². The molecule has 1 amide bonds. The minimum Gasteiger partial charge on any atom is -0.497 e. The maximum absolute atomic E-state index is 11.7. The van der Waals surface area contributed by atoms with Crippen LogP contribution in [0.25, 0.3) is 0 Å². The van der Waals surface area contributed by atoms with Crippen molar-refractivity contribution in [1.82, 2.24) is 10.6 Å². The zero-order chi connectivity index (χ0) is 14.9. The molecule has 1 aliphatic rings. The molecule has 0 aromatic heterocycles. The van der Waals surface area contributed by atoms with Gasteiger partial charge < -0.3 is 15.4 Å². The lowest BCUT2D eigenvalue weighted by Crippen LogP contribution is -2.35. The van der Waals surface area contributed by atoms with Crippen LogP contribution in [0.2, 0.25) is 0 Å². The van der Waals surface area contributed by atoms with E-state index in [2.05, 4.69) is 22.8 Å². The normalized spacial score (nSPS) is 17.7. The quantitative estimate of drug-likeness (QED) is 0.722. The van der Waals surface area contributed by atoms with Gasteiger partial charge in [-0.05, 0) is 49.9 Å². The molecule has 0 spiro atoms. The van der Waals surface area contributed by atoms with Crippen molar-refractivity contribution in [1.29, 1.82) is 0 Å². The highest BCUT2D eigenvalue weighted by molar-refractivity contribution is 5.76. The minimum atomic E-state index is 0.202. The summed E-state index contributed by atoms with van der Waals surface area (Å²) in [6.07, 6.45) is 5.98. The first-order valence-corrected chi connectivity index (χ1v) is 7.91. The van der Waals surface area contributed by atoms with E-state index >= 15 is 0 Å². The van der Waals surface area contributed by atoms with E-state index in [0.717, 1.165) is 50.9 Å². The van der Waals surface area contributed by atoms with Crippen LogP contribution in [0.4, 0.5) is 0 Å². The molecule has 1 fully saturated rings. The lowest BCUT2D eigenvalue weighted by molar-refractivity contribution is -0.121. The first kappa shape index (κ1) is 15.8. The van der Waals surface area contributed by atoms with Crippen LogP contribution >= 0.6 is 0 Å². The van der Waals surface area contributed by atoms with Gasteiger partial charge in [0.2, 0.25) is 5.91 Å². The van der Waals surface area contributed by atoms with E-state index < -0.39 is 0 Å². The minimum absolute atomic E-state index is 0.202. The van der Waals surface area contributed by atoms with Crippen molar-refractivity contribution in [2.45, 2.75) is 44.6 Å². The fourth-order valence-corrected chi connectivity index (χ4v) is 2.66. The van der Waals surface area contributed by atoms with Crippen LogP contribution in [0.3, 0.4) is 0 Å². The summed E-state index contributed by atoms with van der Waals surface area (Å²) in [5, 5.41) is 6.34.